The molecule has 0 amide bonds. The smallest absolute Gasteiger partial charge is 0.306 e. The number of benzene rings is 1. The van der Waals surface area contributed by atoms with Gasteiger partial charge in [0.05, 0.1) is 0 Å². The van der Waals surface area contributed by atoms with Gasteiger partial charge in [-0.15, -0.1) is 0 Å². The molecule has 0 aliphatic carbocycles. The van der Waals surface area contributed by atoms with Crippen LogP contribution in [-0.4, -0.2) is 17.5 Å². The Kier molecular flexibility index (Phi) is 6.58. The molecule has 0 aliphatic rings. The number of hydrogen-bond donors (Lipinski definition) is 1. The van der Waals surface area contributed by atoms with Crippen LogP contribution in [0.2, 0.25) is 0 Å². The minimum absolute atomic E-state index is 0.161. The van der Waals surface area contributed by atoms with E-state index in [-0.39, 0.29) is 5.97 Å². The maximum atomic E-state index is 11.6. The second-order valence-corrected chi connectivity index (χ2v) is 5.26. The van der Waals surface area contributed by atoms with Gasteiger partial charge in [0.2, 0.25) is 0 Å². The first kappa shape index (κ1) is 16.2. The quantitative estimate of drug-likeness (QED) is 0.601. The van der Waals surface area contributed by atoms with Gasteiger partial charge in [-0.3, -0.25) is 9.78 Å². The Bertz CT molecular complexity index is 585. The molecule has 1 aromatic heterocycles. The number of rotatable bonds is 8. The standard InChI is InChI=1S/C18H22N2O2/c19-9-2-1-8-18(21)22-14-17-6-3-5-15(12-17)11-16-7-4-10-20-13-16/h3-7,10,12-13H,1-2,8-9,11,14,19H2. The molecular weight excluding hydrogens is 276 g/mol. The van der Waals surface area contributed by atoms with Crippen LogP contribution in [0.25, 0.3) is 0 Å². The highest BCUT2D eigenvalue weighted by Crippen LogP contribution is 2.12. The Hall–Kier alpha value is -2.20. The summed E-state index contributed by atoms with van der Waals surface area (Å²) in [5, 5.41) is 0. The number of hydrogen-bond acceptors (Lipinski definition) is 4. The highest BCUT2D eigenvalue weighted by atomic mass is 16.5. The molecule has 0 saturated heterocycles. The lowest BCUT2D eigenvalue weighted by Crippen LogP contribution is -2.06. The number of carbonyl (C=O) groups is 1. The summed E-state index contributed by atoms with van der Waals surface area (Å²) < 4.78 is 5.29. The van der Waals surface area contributed by atoms with Gasteiger partial charge in [0.1, 0.15) is 6.61 Å². The highest BCUT2D eigenvalue weighted by Gasteiger charge is 2.04. The Balaban J connectivity index is 1.85. The van der Waals surface area contributed by atoms with E-state index in [9.17, 15) is 4.79 Å². The molecule has 1 aromatic carbocycles. The number of unbranched alkanes of at least 4 members (excludes halogenated alkanes) is 1. The monoisotopic (exact) mass is 298 g/mol. The molecule has 116 valence electrons. The average Bonchev–Trinajstić information content (AvgIpc) is 2.55. The Morgan fingerprint density at radius 2 is 1.91 bits per heavy atom. The molecule has 0 saturated carbocycles. The van der Waals surface area contributed by atoms with E-state index in [0.29, 0.717) is 19.6 Å². The van der Waals surface area contributed by atoms with Gasteiger partial charge >= 0.3 is 5.97 Å². The second kappa shape index (κ2) is 8.95. The molecule has 0 bridgehead atoms. The molecule has 0 radical (unpaired) electrons. The lowest BCUT2D eigenvalue weighted by atomic mass is 10.0. The van der Waals surface area contributed by atoms with Crippen LogP contribution in [0.3, 0.4) is 0 Å². The normalized spacial score (nSPS) is 10.4. The van der Waals surface area contributed by atoms with Crippen molar-refractivity contribution in [1.29, 1.82) is 0 Å². The molecule has 22 heavy (non-hydrogen) atoms. The van der Waals surface area contributed by atoms with Crippen LogP contribution in [-0.2, 0) is 22.6 Å². The summed E-state index contributed by atoms with van der Waals surface area (Å²) >= 11 is 0. The van der Waals surface area contributed by atoms with E-state index in [2.05, 4.69) is 23.2 Å². The number of carbonyl (C=O) groups excluding carboxylic acids is 1. The van der Waals surface area contributed by atoms with E-state index in [1.165, 1.54) is 11.1 Å². The molecule has 2 N–H and O–H groups in total. The van der Waals surface area contributed by atoms with E-state index in [0.717, 1.165) is 24.8 Å². The van der Waals surface area contributed by atoms with Gasteiger partial charge < -0.3 is 10.5 Å². The summed E-state index contributed by atoms with van der Waals surface area (Å²) in [7, 11) is 0. The number of pyridine rings is 1. The van der Waals surface area contributed by atoms with Crippen LogP contribution in [0, 0.1) is 0 Å². The van der Waals surface area contributed by atoms with Gasteiger partial charge in [-0.1, -0.05) is 30.3 Å². The van der Waals surface area contributed by atoms with Crippen LogP contribution in [0.4, 0.5) is 0 Å². The maximum Gasteiger partial charge on any atom is 0.306 e. The fourth-order valence-corrected chi connectivity index (χ4v) is 2.22. The highest BCUT2D eigenvalue weighted by molar-refractivity contribution is 5.69. The summed E-state index contributed by atoms with van der Waals surface area (Å²) in [6, 6.07) is 12.1. The van der Waals surface area contributed by atoms with Crippen molar-refractivity contribution in [3.05, 3.63) is 65.5 Å². The molecule has 0 atom stereocenters. The van der Waals surface area contributed by atoms with Crippen LogP contribution < -0.4 is 5.73 Å². The predicted molar refractivity (Wildman–Crippen MR) is 86.2 cm³/mol. The molecule has 0 unspecified atom stereocenters. The van der Waals surface area contributed by atoms with E-state index in [1.54, 1.807) is 6.20 Å². The summed E-state index contributed by atoms with van der Waals surface area (Å²) in [5.74, 6) is -0.161. The summed E-state index contributed by atoms with van der Waals surface area (Å²) in [4.78, 5) is 15.7. The molecular formula is C18H22N2O2. The molecule has 0 aliphatic heterocycles. The topological polar surface area (TPSA) is 65.2 Å². The van der Waals surface area contributed by atoms with Crippen LogP contribution in [0.1, 0.15) is 36.0 Å². The molecule has 4 heteroatoms. The molecule has 0 spiro atoms. The van der Waals surface area contributed by atoms with Crippen LogP contribution in [0.5, 0.6) is 0 Å². The maximum absolute atomic E-state index is 11.6. The zero-order valence-corrected chi connectivity index (χ0v) is 12.7. The number of ether oxygens (including phenoxy) is 1. The molecule has 2 rings (SSSR count). The molecule has 2 aromatic rings. The van der Waals surface area contributed by atoms with E-state index in [4.69, 9.17) is 10.5 Å². The zero-order chi connectivity index (χ0) is 15.6. The summed E-state index contributed by atoms with van der Waals surface area (Å²) in [6.07, 6.45) is 6.54. The van der Waals surface area contributed by atoms with E-state index < -0.39 is 0 Å². The van der Waals surface area contributed by atoms with Crippen molar-refractivity contribution >= 4 is 5.97 Å². The molecule has 1 heterocycles. The minimum atomic E-state index is -0.161. The Morgan fingerprint density at radius 3 is 2.68 bits per heavy atom. The van der Waals surface area contributed by atoms with Crippen LogP contribution in [0.15, 0.2) is 48.8 Å². The summed E-state index contributed by atoms with van der Waals surface area (Å²) in [5.41, 5.74) is 8.76. The Morgan fingerprint density at radius 1 is 1.09 bits per heavy atom. The van der Waals surface area contributed by atoms with Crippen molar-refractivity contribution in [2.75, 3.05) is 6.54 Å². The van der Waals surface area contributed by atoms with E-state index in [1.807, 2.05) is 24.4 Å². The number of nitrogens with zero attached hydrogens (tertiary/aromatic N) is 1. The van der Waals surface area contributed by atoms with Crippen molar-refractivity contribution in [2.24, 2.45) is 5.73 Å². The number of nitrogens with two attached hydrogens (primary N) is 1. The van der Waals surface area contributed by atoms with Crippen LogP contribution >= 0.6 is 0 Å². The van der Waals surface area contributed by atoms with Gasteiger partial charge in [-0.2, -0.15) is 0 Å². The fourth-order valence-electron chi connectivity index (χ4n) is 2.22. The first-order valence-corrected chi connectivity index (χ1v) is 7.60. The SMILES string of the molecule is NCCCCC(=O)OCc1cccc(Cc2cccnc2)c1. The molecule has 4 nitrogen and oxygen atoms in total. The lowest BCUT2D eigenvalue weighted by Gasteiger charge is -2.07. The fraction of sp³-hybridized carbons (Fsp3) is 0.333. The Labute approximate surface area is 131 Å². The third kappa shape index (κ3) is 5.66. The summed E-state index contributed by atoms with van der Waals surface area (Å²) in [6.45, 7) is 0.937. The number of esters is 1. The number of aromatic nitrogens is 1. The molecule has 0 fully saturated rings. The van der Waals surface area contributed by atoms with Gasteiger partial charge in [0.25, 0.3) is 0 Å². The van der Waals surface area contributed by atoms with Crippen molar-refractivity contribution in [1.82, 2.24) is 4.98 Å². The van der Waals surface area contributed by atoms with Crippen molar-refractivity contribution in [3.8, 4) is 0 Å². The average molecular weight is 298 g/mol. The van der Waals surface area contributed by atoms with Gasteiger partial charge in [-0.05, 0) is 48.6 Å². The van der Waals surface area contributed by atoms with Gasteiger partial charge in [0, 0.05) is 18.8 Å². The lowest BCUT2D eigenvalue weighted by molar-refractivity contribution is -0.145. The largest absolute Gasteiger partial charge is 0.461 e. The van der Waals surface area contributed by atoms with Gasteiger partial charge in [0.15, 0.2) is 0 Å². The minimum Gasteiger partial charge on any atom is -0.461 e. The van der Waals surface area contributed by atoms with Gasteiger partial charge in [-0.25, -0.2) is 0 Å². The van der Waals surface area contributed by atoms with Crippen molar-refractivity contribution in [3.63, 3.8) is 0 Å². The third-order valence-corrected chi connectivity index (χ3v) is 3.36. The van der Waals surface area contributed by atoms with E-state index >= 15 is 0 Å². The second-order valence-electron chi connectivity index (χ2n) is 5.26. The van der Waals surface area contributed by atoms with Crippen molar-refractivity contribution in [2.45, 2.75) is 32.3 Å². The third-order valence-electron chi connectivity index (χ3n) is 3.36. The first-order valence-electron chi connectivity index (χ1n) is 7.60. The zero-order valence-electron chi connectivity index (χ0n) is 12.7. The first-order chi connectivity index (χ1) is 10.8. The predicted octanol–water partition coefficient (Wildman–Crippen LogP) is 2.84. The van der Waals surface area contributed by atoms with Crippen molar-refractivity contribution < 1.29 is 9.53 Å².